The van der Waals surface area contributed by atoms with Crippen LogP contribution < -0.4 is 10.9 Å². The highest BCUT2D eigenvalue weighted by molar-refractivity contribution is 14.1. The molecule has 0 saturated carbocycles. The van der Waals surface area contributed by atoms with Crippen LogP contribution >= 0.6 is 67.9 Å². The summed E-state index contributed by atoms with van der Waals surface area (Å²) in [6, 6.07) is 0. The van der Waals surface area contributed by atoms with Crippen molar-refractivity contribution < 1.29 is 0 Å². The summed E-state index contributed by atoms with van der Waals surface area (Å²) in [5, 5.41) is 0. The summed E-state index contributed by atoms with van der Waals surface area (Å²) in [6.45, 7) is 0. The van der Waals surface area contributed by atoms with Crippen LogP contribution in [0.2, 0.25) is 0 Å². The van der Waals surface area contributed by atoms with Crippen LogP contribution in [0.5, 0.6) is 0 Å². The van der Waals surface area contributed by atoms with Crippen molar-refractivity contribution in [3.8, 4) is 0 Å². The zero-order valence-electron chi connectivity index (χ0n) is 7.62. The van der Waals surface area contributed by atoms with Gasteiger partial charge < -0.3 is 0 Å². The van der Waals surface area contributed by atoms with Crippen LogP contribution in [0.4, 0.5) is 0 Å². The van der Waals surface area contributed by atoms with Gasteiger partial charge in [-0.3, -0.25) is 0 Å². The first-order valence-corrected chi connectivity index (χ1v) is 7.96. The fraction of sp³-hybridized carbons (Fsp3) is 0. The first-order chi connectivity index (χ1) is 7.58. The number of rotatable bonds is 0. The molecule has 3 aromatic rings. The fourth-order valence-corrected chi connectivity index (χ4v) is 4.87. The van der Waals surface area contributed by atoms with Crippen LogP contribution in [0.3, 0.4) is 0 Å². The van der Waals surface area contributed by atoms with E-state index in [0.717, 1.165) is 26.5 Å². The average Bonchev–Trinajstić information content (AvgIpc) is 2.78. The Morgan fingerprint density at radius 3 is 1.56 bits per heavy atom. The number of benzene rings is 1. The molecule has 0 atom stereocenters. The lowest BCUT2D eigenvalue weighted by Gasteiger charge is -2.01. The van der Waals surface area contributed by atoms with Crippen molar-refractivity contribution in [1.82, 2.24) is 9.97 Å². The van der Waals surface area contributed by atoms with Crippen LogP contribution in [0.25, 0.3) is 20.4 Å². The minimum Gasteiger partial charge on any atom is -0.231 e. The van der Waals surface area contributed by atoms with Gasteiger partial charge in [0.25, 0.3) is 0 Å². The summed E-state index contributed by atoms with van der Waals surface area (Å²) >= 11 is 7.45. The van der Waals surface area contributed by atoms with Crippen molar-refractivity contribution in [3.05, 3.63) is 6.03 Å². The van der Waals surface area contributed by atoms with E-state index in [1.165, 1.54) is 0 Å². The van der Waals surface area contributed by atoms with E-state index in [0.29, 0.717) is 10.9 Å². The second-order valence-corrected chi connectivity index (χ2v) is 8.62. The van der Waals surface area contributed by atoms with Gasteiger partial charge in [-0.1, -0.05) is 10.9 Å². The van der Waals surface area contributed by atoms with E-state index < -0.39 is 0 Å². The van der Waals surface area contributed by atoms with Crippen molar-refractivity contribution >= 4 is 115 Å². The molecule has 74 valence electrons. The molecule has 0 aliphatic carbocycles. The molecule has 2 heterocycles. The van der Waals surface area contributed by atoms with Gasteiger partial charge >= 0.3 is 0 Å². The summed E-state index contributed by atoms with van der Waals surface area (Å²) in [7, 11) is 12.2. The number of hydrogen-bond donors (Lipinski definition) is 0. The highest BCUT2D eigenvalue weighted by atomic mass is 127. The topological polar surface area (TPSA) is 25.8 Å². The molecular weight excluding hydrogens is 464 g/mol. The third-order valence-electron chi connectivity index (χ3n) is 2.20. The zero-order valence-corrected chi connectivity index (χ0v) is 13.6. The minimum atomic E-state index is 0.693. The van der Waals surface area contributed by atoms with E-state index in [1.807, 2.05) is 0 Å². The van der Waals surface area contributed by atoms with Crippen molar-refractivity contribution in [2.45, 2.75) is 0 Å². The molecule has 0 unspecified atom stereocenters. The molecule has 8 heteroatoms. The van der Waals surface area contributed by atoms with Gasteiger partial charge in [0, 0.05) is 9.40 Å². The van der Waals surface area contributed by atoms with Gasteiger partial charge in [-0.15, -0.1) is 22.7 Å². The molecular formula is C8B2I2N2S2. The molecule has 4 radical (unpaired) electrons. The lowest BCUT2D eigenvalue weighted by atomic mass is 9.87. The number of hydrogen-bond acceptors (Lipinski definition) is 4. The van der Waals surface area contributed by atoms with Crippen molar-refractivity contribution in [1.29, 1.82) is 0 Å². The Kier molecular flexibility index (Phi) is 2.96. The van der Waals surface area contributed by atoms with Crippen molar-refractivity contribution in [3.63, 3.8) is 0 Å². The molecule has 0 bridgehead atoms. The third-order valence-corrected chi connectivity index (χ3v) is 5.76. The first kappa shape index (κ1) is 11.7. The van der Waals surface area contributed by atoms with E-state index in [1.54, 1.807) is 22.7 Å². The van der Waals surface area contributed by atoms with Crippen LogP contribution in [0.15, 0.2) is 0 Å². The lowest BCUT2D eigenvalue weighted by molar-refractivity contribution is 1.45. The Morgan fingerprint density at radius 1 is 0.812 bits per heavy atom. The summed E-state index contributed by atoms with van der Waals surface area (Å²) in [5.74, 6) is 0. The summed E-state index contributed by atoms with van der Waals surface area (Å²) in [6.07, 6.45) is 0. The SMILES string of the molecule is [B]c1c2nc(I)sc2c([B])c2nc(I)sc12. The lowest BCUT2D eigenvalue weighted by Crippen LogP contribution is -2.14. The van der Waals surface area contributed by atoms with Crippen molar-refractivity contribution in [2.24, 2.45) is 0 Å². The highest BCUT2D eigenvalue weighted by Gasteiger charge is 2.15. The Labute approximate surface area is 129 Å². The zero-order chi connectivity index (χ0) is 11.4. The smallest absolute Gasteiger partial charge is 0.155 e. The molecule has 3 rings (SSSR count). The van der Waals surface area contributed by atoms with Gasteiger partial charge in [-0.2, -0.15) is 0 Å². The maximum absolute atomic E-state index is 6.10. The second-order valence-electron chi connectivity index (χ2n) is 3.12. The Hall–Kier alpha value is 0.590. The molecule has 0 amide bonds. The molecule has 1 aromatic carbocycles. The quantitative estimate of drug-likeness (QED) is 0.375. The van der Waals surface area contributed by atoms with Gasteiger partial charge in [0.2, 0.25) is 0 Å². The molecule has 0 fully saturated rings. The van der Waals surface area contributed by atoms with E-state index in [9.17, 15) is 0 Å². The summed E-state index contributed by atoms with van der Waals surface area (Å²) in [4.78, 5) is 8.82. The van der Waals surface area contributed by atoms with Gasteiger partial charge in [-0.25, -0.2) is 9.97 Å². The highest BCUT2D eigenvalue weighted by Crippen LogP contribution is 2.27. The summed E-state index contributed by atoms with van der Waals surface area (Å²) < 4.78 is 3.77. The fourth-order valence-electron chi connectivity index (χ4n) is 1.53. The maximum atomic E-state index is 6.10. The van der Waals surface area contributed by atoms with Gasteiger partial charge in [0.15, 0.2) is 6.03 Å². The Morgan fingerprint density at radius 2 is 1.19 bits per heavy atom. The van der Waals surface area contributed by atoms with Crippen molar-refractivity contribution in [2.75, 3.05) is 0 Å². The third kappa shape index (κ3) is 1.64. The maximum Gasteiger partial charge on any atom is 0.155 e. The van der Waals surface area contributed by atoms with Gasteiger partial charge in [0.1, 0.15) is 15.7 Å². The monoisotopic (exact) mass is 464 g/mol. The van der Waals surface area contributed by atoms with Gasteiger partial charge in [0.05, 0.1) is 11.0 Å². The predicted molar refractivity (Wildman–Crippen MR) is 89.0 cm³/mol. The summed E-state index contributed by atoms with van der Waals surface area (Å²) in [5.41, 5.74) is 3.00. The van der Waals surface area contributed by atoms with Crippen LogP contribution in [0, 0.1) is 6.03 Å². The van der Waals surface area contributed by atoms with Gasteiger partial charge in [-0.05, 0) is 45.2 Å². The molecule has 16 heavy (non-hydrogen) atoms. The second kappa shape index (κ2) is 4.06. The first-order valence-electron chi connectivity index (χ1n) is 4.17. The Balaban J connectivity index is 2.63. The Bertz CT molecular complexity index is 607. The molecule has 2 aromatic heterocycles. The normalized spacial score (nSPS) is 11.6. The molecule has 0 spiro atoms. The predicted octanol–water partition coefficient (Wildman–Crippen LogP) is 1.70. The van der Waals surface area contributed by atoms with E-state index in [2.05, 4.69) is 55.1 Å². The molecule has 0 saturated heterocycles. The number of nitrogens with zero attached hydrogens (tertiary/aromatic N) is 2. The van der Waals surface area contributed by atoms with E-state index >= 15 is 0 Å². The van der Waals surface area contributed by atoms with Crippen LogP contribution in [0.1, 0.15) is 0 Å². The number of thiazole rings is 2. The molecule has 0 aliphatic heterocycles. The number of halogens is 2. The molecule has 0 aliphatic rings. The average molecular weight is 464 g/mol. The van der Waals surface area contributed by atoms with E-state index in [-0.39, 0.29) is 0 Å². The number of fused-ring (bicyclic) bond motifs is 2. The molecule has 0 N–H and O–H groups in total. The van der Waals surface area contributed by atoms with Crippen LogP contribution in [-0.4, -0.2) is 25.7 Å². The molecule has 2 nitrogen and oxygen atoms in total. The van der Waals surface area contributed by atoms with Crippen LogP contribution in [-0.2, 0) is 0 Å². The van der Waals surface area contributed by atoms with E-state index in [4.69, 9.17) is 15.7 Å². The minimum absolute atomic E-state index is 0.693. The number of aromatic nitrogens is 2. The largest absolute Gasteiger partial charge is 0.231 e. The standard InChI is InChI=1S/C8B2I2N2S2/c9-1-3-6(16-7(11)13-3)2(10)4-5(1)15-8(12)14-4.